The molecule has 1 atom stereocenters. The maximum atomic E-state index is 4.16. The van der Waals surface area contributed by atoms with Gasteiger partial charge in [0.25, 0.3) is 0 Å². The van der Waals surface area contributed by atoms with E-state index in [0.717, 1.165) is 30.4 Å². The van der Waals surface area contributed by atoms with Crippen LogP contribution in [0, 0.1) is 5.92 Å². The summed E-state index contributed by atoms with van der Waals surface area (Å²) in [4.78, 5) is 4.16. The Morgan fingerprint density at radius 2 is 2.28 bits per heavy atom. The standard InChI is InChI=1S/C14H20N4/c1-3-11(2)8-15-9-12-5-4-6-13(7-12)14-16-10-17-18-14/h4-7,10-11,15H,3,8-9H2,1-2H3,(H,16,17,18). The Kier molecular flexibility index (Phi) is 4.47. The molecule has 0 amide bonds. The summed E-state index contributed by atoms with van der Waals surface area (Å²) in [6.45, 7) is 6.43. The van der Waals surface area contributed by atoms with Crippen molar-refractivity contribution in [3.8, 4) is 11.4 Å². The van der Waals surface area contributed by atoms with Crippen molar-refractivity contribution in [1.29, 1.82) is 0 Å². The molecule has 0 aliphatic heterocycles. The lowest BCUT2D eigenvalue weighted by atomic mass is 10.1. The fraction of sp³-hybridized carbons (Fsp3) is 0.429. The van der Waals surface area contributed by atoms with E-state index in [4.69, 9.17) is 0 Å². The molecule has 2 aromatic rings. The van der Waals surface area contributed by atoms with E-state index in [1.807, 2.05) is 6.07 Å². The lowest BCUT2D eigenvalue weighted by Gasteiger charge is -2.10. The molecule has 1 aromatic carbocycles. The third kappa shape index (κ3) is 3.40. The molecule has 96 valence electrons. The molecular formula is C14H20N4. The summed E-state index contributed by atoms with van der Waals surface area (Å²) in [5.74, 6) is 1.54. The van der Waals surface area contributed by atoms with Gasteiger partial charge in [-0.1, -0.05) is 38.5 Å². The van der Waals surface area contributed by atoms with Gasteiger partial charge in [0, 0.05) is 12.1 Å². The topological polar surface area (TPSA) is 53.6 Å². The fourth-order valence-corrected chi connectivity index (χ4v) is 1.78. The Morgan fingerprint density at radius 1 is 1.39 bits per heavy atom. The quantitative estimate of drug-likeness (QED) is 0.821. The molecule has 1 unspecified atom stereocenters. The van der Waals surface area contributed by atoms with Crippen molar-refractivity contribution in [3.63, 3.8) is 0 Å². The van der Waals surface area contributed by atoms with Crippen molar-refractivity contribution in [2.24, 2.45) is 5.92 Å². The predicted molar refractivity (Wildman–Crippen MR) is 73.0 cm³/mol. The Balaban J connectivity index is 1.96. The van der Waals surface area contributed by atoms with Crippen LogP contribution in [0.15, 0.2) is 30.6 Å². The molecule has 0 radical (unpaired) electrons. The van der Waals surface area contributed by atoms with Crippen molar-refractivity contribution >= 4 is 0 Å². The highest BCUT2D eigenvalue weighted by atomic mass is 15.2. The van der Waals surface area contributed by atoms with Gasteiger partial charge in [0.2, 0.25) is 0 Å². The van der Waals surface area contributed by atoms with Crippen LogP contribution in [0.2, 0.25) is 0 Å². The first-order valence-electron chi connectivity index (χ1n) is 6.45. The molecule has 0 aliphatic carbocycles. The molecule has 0 saturated heterocycles. The number of rotatable bonds is 6. The van der Waals surface area contributed by atoms with Crippen LogP contribution in [-0.4, -0.2) is 21.7 Å². The molecule has 0 bridgehead atoms. The molecule has 4 heteroatoms. The van der Waals surface area contributed by atoms with Crippen LogP contribution in [0.1, 0.15) is 25.8 Å². The van der Waals surface area contributed by atoms with Gasteiger partial charge < -0.3 is 5.32 Å². The number of H-pyrrole nitrogens is 1. The molecule has 2 rings (SSSR count). The zero-order valence-electron chi connectivity index (χ0n) is 11.0. The number of aromatic amines is 1. The van der Waals surface area contributed by atoms with Gasteiger partial charge in [-0.3, -0.25) is 5.10 Å². The molecule has 1 aromatic heterocycles. The number of hydrogen-bond donors (Lipinski definition) is 2. The van der Waals surface area contributed by atoms with Gasteiger partial charge in [-0.25, -0.2) is 4.98 Å². The van der Waals surface area contributed by atoms with Gasteiger partial charge in [-0.15, -0.1) is 0 Å². The minimum Gasteiger partial charge on any atom is -0.312 e. The molecule has 0 fully saturated rings. The molecule has 0 saturated carbocycles. The van der Waals surface area contributed by atoms with Gasteiger partial charge in [-0.2, -0.15) is 5.10 Å². The largest absolute Gasteiger partial charge is 0.312 e. The second kappa shape index (κ2) is 6.31. The number of aromatic nitrogens is 3. The van der Waals surface area contributed by atoms with Crippen LogP contribution in [0.4, 0.5) is 0 Å². The van der Waals surface area contributed by atoms with E-state index in [0.29, 0.717) is 0 Å². The van der Waals surface area contributed by atoms with E-state index in [1.54, 1.807) is 0 Å². The molecular weight excluding hydrogens is 224 g/mol. The predicted octanol–water partition coefficient (Wildman–Crippen LogP) is 2.61. The third-order valence-corrected chi connectivity index (χ3v) is 3.13. The number of benzene rings is 1. The summed E-state index contributed by atoms with van der Waals surface area (Å²) in [5, 5.41) is 10.2. The fourth-order valence-electron chi connectivity index (χ4n) is 1.78. The first-order valence-corrected chi connectivity index (χ1v) is 6.45. The van der Waals surface area contributed by atoms with Crippen LogP contribution >= 0.6 is 0 Å². The molecule has 2 N–H and O–H groups in total. The van der Waals surface area contributed by atoms with Gasteiger partial charge in [-0.05, 0) is 24.1 Å². The van der Waals surface area contributed by atoms with Gasteiger partial charge in [0.05, 0.1) is 0 Å². The van der Waals surface area contributed by atoms with Crippen LogP contribution in [-0.2, 0) is 6.54 Å². The third-order valence-electron chi connectivity index (χ3n) is 3.13. The molecule has 0 spiro atoms. The van der Waals surface area contributed by atoms with E-state index in [9.17, 15) is 0 Å². The zero-order valence-corrected chi connectivity index (χ0v) is 11.0. The van der Waals surface area contributed by atoms with Gasteiger partial charge in [0.1, 0.15) is 6.33 Å². The highest BCUT2D eigenvalue weighted by Crippen LogP contribution is 2.15. The van der Waals surface area contributed by atoms with Gasteiger partial charge in [0.15, 0.2) is 5.82 Å². The Hall–Kier alpha value is -1.68. The molecule has 18 heavy (non-hydrogen) atoms. The molecule has 1 heterocycles. The van der Waals surface area contributed by atoms with E-state index in [2.05, 4.69) is 52.5 Å². The highest BCUT2D eigenvalue weighted by Gasteiger charge is 2.02. The monoisotopic (exact) mass is 244 g/mol. The Bertz CT molecular complexity index is 464. The maximum Gasteiger partial charge on any atom is 0.155 e. The average Bonchev–Trinajstić information content (AvgIpc) is 2.93. The van der Waals surface area contributed by atoms with E-state index in [1.165, 1.54) is 18.3 Å². The van der Waals surface area contributed by atoms with E-state index < -0.39 is 0 Å². The zero-order chi connectivity index (χ0) is 12.8. The number of hydrogen-bond acceptors (Lipinski definition) is 3. The first kappa shape index (κ1) is 12.8. The number of nitrogens with one attached hydrogen (secondary N) is 2. The second-order valence-electron chi connectivity index (χ2n) is 4.68. The van der Waals surface area contributed by atoms with Crippen LogP contribution in [0.5, 0.6) is 0 Å². The van der Waals surface area contributed by atoms with E-state index >= 15 is 0 Å². The summed E-state index contributed by atoms with van der Waals surface area (Å²) in [6, 6.07) is 8.37. The summed E-state index contributed by atoms with van der Waals surface area (Å²) in [7, 11) is 0. The minimum atomic E-state index is 0.724. The lowest BCUT2D eigenvalue weighted by molar-refractivity contribution is 0.500. The Morgan fingerprint density at radius 3 is 3.00 bits per heavy atom. The summed E-state index contributed by atoms with van der Waals surface area (Å²) < 4.78 is 0. The average molecular weight is 244 g/mol. The van der Waals surface area contributed by atoms with Crippen LogP contribution < -0.4 is 5.32 Å². The van der Waals surface area contributed by atoms with Crippen molar-refractivity contribution in [2.45, 2.75) is 26.8 Å². The molecule has 4 nitrogen and oxygen atoms in total. The number of nitrogens with zero attached hydrogens (tertiary/aromatic N) is 2. The summed E-state index contributed by atoms with van der Waals surface area (Å²) in [5.41, 5.74) is 2.35. The maximum absolute atomic E-state index is 4.16. The minimum absolute atomic E-state index is 0.724. The lowest BCUT2D eigenvalue weighted by Crippen LogP contribution is -2.20. The van der Waals surface area contributed by atoms with Crippen LogP contribution in [0.25, 0.3) is 11.4 Å². The van der Waals surface area contributed by atoms with E-state index in [-0.39, 0.29) is 0 Å². The summed E-state index contributed by atoms with van der Waals surface area (Å²) >= 11 is 0. The smallest absolute Gasteiger partial charge is 0.155 e. The van der Waals surface area contributed by atoms with Gasteiger partial charge >= 0.3 is 0 Å². The van der Waals surface area contributed by atoms with Crippen LogP contribution in [0.3, 0.4) is 0 Å². The van der Waals surface area contributed by atoms with Crippen molar-refractivity contribution in [3.05, 3.63) is 36.2 Å². The second-order valence-corrected chi connectivity index (χ2v) is 4.68. The summed E-state index contributed by atoms with van der Waals surface area (Å²) in [6.07, 6.45) is 2.74. The SMILES string of the molecule is CCC(C)CNCc1cccc(-c2ncn[nH]2)c1. The van der Waals surface area contributed by atoms with Crippen molar-refractivity contribution < 1.29 is 0 Å². The molecule has 0 aliphatic rings. The Labute approximate surface area is 108 Å². The first-order chi connectivity index (χ1) is 8.79. The van der Waals surface area contributed by atoms with Crippen molar-refractivity contribution in [1.82, 2.24) is 20.5 Å². The normalized spacial score (nSPS) is 12.6. The van der Waals surface area contributed by atoms with Crippen molar-refractivity contribution in [2.75, 3.05) is 6.54 Å². The highest BCUT2D eigenvalue weighted by molar-refractivity contribution is 5.55.